The lowest BCUT2D eigenvalue weighted by atomic mass is 9.89. The quantitative estimate of drug-likeness (QED) is 0.576. The van der Waals surface area contributed by atoms with E-state index in [2.05, 4.69) is 0 Å². The number of hydrogen-bond acceptors (Lipinski definition) is 1. The molecule has 2 heteroatoms. The minimum Gasteiger partial charge on any atom is -0.303 e. The van der Waals surface area contributed by atoms with E-state index in [9.17, 15) is 9.18 Å². The zero-order valence-corrected chi connectivity index (χ0v) is 6.92. The second-order valence-electron chi connectivity index (χ2n) is 3.44. The molecule has 2 unspecified atom stereocenters. The summed E-state index contributed by atoms with van der Waals surface area (Å²) in [6, 6.07) is 0. The first-order valence-electron chi connectivity index (χ1n) is 4.35. The molecule has 0 amide bonds. The zero-order valence-electron chi connectivity index (χ0n) is 6.92. The lowest BCUT2D eigenvalue weighted by molar-refractivity contribution is -0.114. The summed E-state index contributed by atoms with van der Waals surface area (Å²) >= 11 is 0. The summed E-state index contributed by atoms with van der Waals surface area (Å²) < 4.78 is 12.8. The minimum atomic E-state index is -0.962. The van der Waals surface area contributed by atoms with Gasteiger partial charge in [0.1, 0.15) is 12.5 Å². The van der Waals surface area contributed by atoms with Gasteiger partial charge in [-0.3, -0.25) is 0 Å². The Labute approximate surface area is 67.0 Å². The largest absolute Gasteiger partial charge is 0.303 e. The van der Waals surface area contributed by atoms with Crippen LogP contribution < -0.4 is 0 Å². The standard InChI is InChI=1S/C9H15FO/c1-7(10)9(6-11)8-4-2-3-5-8/h6-9H,2-5H2,1H3. The van der Waals surface area contributed by atoms with Gasteiger partial charge in [-0.05, 0) is 25.7 Å². The Balaban J connectivity index is 2.46. The average molecular weight is 158 g/mol. The third-order valence-electron chi connectivity index (χ3n) is 2.63. The first kappa shape index (κ1) is 8.69. The molecule has 0 bridgehead atoms. The summed E-state index contributed by atoms with van der Waals surface area (Å²) in [4.78, 5) is 10.5. The van der Waals surface area contributed by atoms with Gasteiger partial charge in [-0.2, -0.15) is 0 Å². The molecule has 0 aromatic rings. The summed E-state index contributed by atoms with van der Waals surface area (Å²) in [5, 5.41) is 0. The van der Waals surface area contributed by atoms with Crippen LogP contribution >= 0.6 is 0 Å². The van der Waals surface area contributed by atoms with Crippen LogP contribution in [0.15, 0.2) is 0 Å². The Bertz CT molecular complexity index is 128. The molecule has 1 saturated carbocycles. The molecule has 1 rings (SSSR count). The van der Waals surface area contributed by atoms with Crippen LogP contribution in [0.3, 0.4) is 0 Å². The number of aldehydes is 1. The van der Waals surface area contributed by atoms with Crippen LogP contribution in [0.5, 0.6) is 0 Å². The Morgan fingerprint density at radius 1 is 1.45 bits per heavy atom. The van der Waals surface area contributed by atoms with Crippen molar-refractivity contribution in [3.8, 4) is 0 Å². The van der Waals surface area contributed by atoms with E-state index in [0.717, 1.165) is 19.1 Å². The summed E-state index contributed by atoms with van der Waals surface area (Å²) in [5.41, 5.74) is 0. The number of hydrogen-bond donors (Lipinski definition) is 0. The molecule has 0 heterocycles. The van der Waals surface area contributed by atoms with Crippen molar-refractivity contribution in [2.45, 2.75) is 38.8 Å². The molecule has 0 aromatic heterocycles. The molecule has 0 aliphatic heterocycles. The van der Waals surface area contributed by atoms with Crippen LogP contribution in [-0.4, -0.2) is 12.5 Å². The van der Waals surface area contributed by atoms with Crippen LogP contribution in [0, 0.1) is 11.8 Å². The molecule has 0 spiro atoms. The highest BCUT2D eigenvalue weighted by atomic mass is 19.1. The normalized spacial score (nSPS) is 24.9. The van der Waals surface area contributed by atoms with Gasteiger partial charge in [0.15, 0.2) is 0 Å². The molecule has 0 N–H and O–H groups in total. The number of halogens is 1. The van der Waals surface area contributed by atoms with Gasteiger partial charge in [0, 0.05) is 5.92 Å². The molecule has 1 aliphatic carbocycles. The van der Waals surface area contributed by atoms with Gasteiger partial charge in [-0.25, -0.2) is 4.39 Å². The Hall–Kier alpha value is -0.400. The van der Waals surface area contributed by atoms with Crippen molar-refractivity contribution in [3.63, 3.8) is 0 Å². The molecule has 64 valence electrons. The van der Waals surface area contributed by atoms with Crippen LogP contribution in [0.25, 0.3) is 0 Å². The average Bonchev–Trinajstić information content (AvgIpc) is 2.40. The molecule has 11 heavy (non-hydrogen) atoms. The molecule has 2 atom stereocenters. The van der Waals surface area contributed by atoms with Crippen LogP contribution in [0.2, 0.25) is 0 Å². The molecule has 1 fully saturated rings. The number of rotatable bonds is 3. The van der Waals surface area contributed by atoms with Gasteiger partial charge in [-0.1, -0.05) is 12.8 Å². The lowest BCUT2D eigenvalue weighted by Gasteiger charge is -2.17. The topological polar surface area (TPSA) is 17.1 Å². The van der Waals surface area contributed by atoms with Crippen molar-refractivity contribution in [1.29, 1.82) is 0 Å². The molecular weight excluding hydrogens is 143 g/mol. The van der Waals surface area contributed by atoms with Gasteiger partial charge < -0.3 is 4.79 Å². The lowest BCUT2D eigenvalue weighted by Crippen LogP contribution is -2.22. The molecule has 0 aromatic carbocycles. The molecule has 1 nitrogen and oxygen atoms in total. The van der Waals surface area contributed by atoms with E-state index in [0.29, 0.717) is 5.92 Å². The van der Waals surface area contributed by atoms with Crippen molar-refractivity contribution in [2.75, 3.05) is 0 Å². The summed E-state index contributed by atoms with van der Waals surface area (Å²) in [7, 11) is 0. The molecule has 1 aliphatic rings. The Morgan fingerprint density at radius 3 is 2.36 bits per heavy atom. The van der Waals surface area contributed by atoms with E-state index in [1.165, 1.54) is 19.8 Å². The number of alkyl halides is 1. The van der Waals surface area contributed by atoms with E-state index < -0.39 is 6.17 Å². The second-order valence-corrected chi connectivity index (χ2v) is 3.44. The fourth-order valence-electron chi connectivity index (χ4n) is 1.94. The Morgan fingerprint density at radius 2 is 2.00 bits per heavy atom. The SMILES string of the molecule is CC(F)C(C=O)C1CCCC1. The van der Waals surface area contributed by atoms with Crippen LogP contribution in [0.1, 0.15) is 32.6 Å². The Kier molecular flexibility index (Phi) is 3.03. The highest BCUT2D eigenvalue weighted by Crippen LogP contribution is 2.32. The first-order chi connectivity index (χ1) is 5.25. The maximum Gasteiger partial charge on any atom is 0.126 e. The van der Waals surface area contributed by atoms with Gasteiger partial charge in [0.05, 0.1) is 0 Å². The zero-order chi connectivity index (χ0) is 8.27. The summed E-state index contributed by atoms with van der Waals surface area (Å²) in [5.74, 6) is -0.00926. The summed E-state index contributed by atoms with van der Waals surface area (Å²) in [6.07, 6.45) is 4.25. The van der Waals surface area contributed by atoms with Crippen molar-refractivity contribution in [3.05, 3.63) is 0 Å². The highest BCUT2D eigenvalue weighted by molar-refractivity contribution is 5.55. The van der Waals surface area contributed by atoms with E-state index in [1.807, 2.05) is 0 Å². The molecular formula is C9H15FO. The van der Waals surface area contributed by atoms with Gasteiger partial charge >= 0.3 is 0 Å². The van der Waals surface area contributed by atoms with Crippen molar-refractivity contribution in [2.24, 2.45) is 11.8 Å². The smallest absolute Gasteiger partial charge is 0.126 e. The maximum absolute atomic E-state index is 12.8. The van der Waals surface area contributed by atoms with Crippen LogP contribution in [-0.2, 0) is 4.79 Å². The summed E-state index contributed by atoms with van der Waals surface area (Å²) in [6.45, 7) is 1.48. The maximum atomic E-state index is 12.8. The predicted molar refractivity (Wildman–Crippen MR) is 42.1 cm³/mol. The fraction of sp³-hybridized carbons (Fsp3) is 0.889. The van der Waals surface area contributed by atoms with E-state index >= 15 is 0 Å². The van der Waals surface area contributed by atoms with Crippen LogP contribution in [0.4, 0.5) is 4.39 Å². The van der Waals surface area contributed by atoms with Crippen molar-refractivity contribution in [1.82, 2.24) is 0 Å². The fourth-order valence-corrected chi connectivity index (χ4v) is 1.94. The monoisotopic (exact) mass is 158 g/mol. The second kappa shape index (κ2) is 3.84. The van der Waals surface area contributed by atoms with Gasteiger partial charge in [-0.15, -0.1) is 0 Å². The van der Waals surface area contributed by atoms with E-state index in [1.54, 1.807) is 0 Å². The highest BCUT2D eigenvalue weighted by Gasteiger charge is 2.28. The van der Waals surface area contributed by atoms with Gasteiger partial charge in [0.25, 0.3) is 0 Å². The molecule has 0 radical (unpaired) electrons. The predicted octanol–water partition coefficient (Wildman–Crippen LogP) is 2.35. The van der Waals surface area contributed by atoms with E-state index in [4.69, 9.17) is 0 Å². The van der Waals surface area contributed by atoms with Crippen molar-refractivity contribution >= 4 is 6.29 Å². The first-order valence-corrected chi connectivity index (χ1v) is 4.35. The molecule has 0 saturated heterocycles. The van der Waals surface area contributed by atoms with Crippen molar-refractivity contribution < 1.29 is 9.18 Å². The van der Waals surface area contributed by atoms with Gasteiger partial charge in [0.2, 0.25) is 0 Å². The number of carbonyl (C=O) groups excluding carboxylic acids is 1. The number of carbonyl (C=O) groups is 1. The third kappa shape index (κ3) is 2.01. The van der Waals surface area contributed by atoms with E-state index in [-0.39, 0.29) is 5.92 Å². The third-order valence-corrected chi connectivity index (χ3v) is 2.63. The minimum absolute atomic E-state index is 0.326.